The van der Waals surface area contributed by atoms with Gasteiger partial charge in [0.1, 0.15) is 6.61 Å². The molecule has 0 saturated carbocycles. The minimum atomic E-state index is -1.00. The van der Waals surface area contributed by atoms with Crippen molar-refractivity contribution >= 4 is 23.9 Å². The van der Waals surface area contributed by atoms with Gasteiger partial charge in [0.05, 0.1) is 25.1 Å². The highest BCUT2D eigenvalue weighted by Crippen LogP contribution is 2.24. The molecule has 10 heteroatoms. The lowest BCUT2D eigenvalue weighted by Crippen LogP contribution is -2.43. The van der Waals surface area contributed by atoms with E-state index < -0.39 is 12.0 Å². The van der Waals surface area contributed by atoms with Gasteiger partial charge in [0.15, 0.2) is 0 Å². The number of aliphatic carboxylic acids is 1. The second-order valence-electron chi connectivity index (χ2n) is 9.75. The number of piperidine rings is 2. The van der Waals surface area contributed by atoms with Crippen LogP contribution in [-0.2, 0) is 25.7 Å². The third kappa shape index (κ3) is 9.35. The lowest BCUT2D eigenvalue weighted by atomic mass is 9.92. The minimum Gasteiger partial charge on any atom is -0.481 e. The van der Waals surface area contributed by atoms with E-state index in [-0.39, 0.29) is 37.0 Å². The summed E-state index contributed by atoms with van der Waals surface area (Å²) >= 11 is 0. The Morgan fingerprint density at radius 2 is 1.81 bits per heavy atom. The first kappa shape index (κ1) is 28.4. The number of hydrogen-bond acceptors (Lipinski definition) is 7. The van der Waals surface area contributed by atoms with Crippen LogP contribution in [0.3, 0.4) is 0 Å². The third-order valence-electron chi connectivity index (χ3n) is 6.91. The van der Waals surface area contributed by atoms with Gasteiger partial charge in [0.2, 0.25) is 11.8 Å². The molecule has 2 heterocycles. The Kier molecular flexibility index (Phi) is 11.2. The molecule has 2 saturated heterocycles. The van der Waals surface area contributed by atoms with Gasteiger partial charge in [0, 0.05) is 32.6 Å². The summed E-state index contributed by atoms with van der Waals surface area (Å²) in [6, 6.07) is 8.68. The van der Waals surface area contributed by atoms with Gasteiger partial charge in [-0.3, -0.25) is 9.59 Å². The van der Waals surface area contributed by atoms with Crippen molar-refractivity contribution in [2.75, 3.05) is 32.8 Å². The van der Waals surface area contributed by atoms with E-state index in [4.69, 9.17) is 20.3 Å². The molecule has 1 aromatic rings. The zero-order valence-electron chi connectivity index (χ0n) is 21.7. The predicted octanol–water partition coefficient (Wildman–Crippen LogP) is 3.04. The molecule has 2 aliphatic heterocycles. The van der Waals surface area contributed by atoms with Crippen molar-refractivity contribution in [3.05, 3.63) is 35.9 Å². The summed E-state index contributed by atoms with van der Waals surface area (Å²) in [4.78, 5) is 44.5. The maximum Gasteiger partial charge on any atom is 0.410 e. The number of benzene rings is 1. The summed E-state index contributed by atoms with van der Waals surface area (Å²) in [6.07, 6.45) is 4.08. The zero-order chi connectivity index (χ0) is 26.6. The molecule has 2 amide bonds. The fourth-order valence-corrected chi connectivity index (χ4v) is 4.83. The van der Waals surface area contributed by atoms with Crippen molar-refractivity contribution in [3.63, 3.8) is 0 Å². The van der Waals surface area contributed by atoms with E-state index in [2.05, 4.69) is 4.99 Å². The molecule has 2 fully saturated rings. The second kappa shape index (κ2) is 14.6. The first-order valence-corrected chi connectivity index (χ1v) is 13.3. The Balaban J connectivity index is 1.40. The van der Waals surface area contributed by atoms with Crippen molar-refractivity contribution in [3.8, 4) is 0 Å². The van der Waals surface area contributed by atoms with Crippen LogP contribution in [0, 0.1) is 5.92 Å². The molecule has 0 radical (unpaired) electrons. The van der Waals surface area contributed by atoms with Gasteiger partial charge in [-0.15, -0.1) is 0 Å². The highest BCUT2D eigenvalue weighted by Gasteiger charge is 2.28. The highest BCUT2D eigenvalue weighted by atomic mass is 16.6. The van der Waals surface area contributed by atoms with Gasteiger partial charge in [-0.05, 0) is 50.5 Å². The van der Waals surface area contributed by atoms with E-state index >= 15 is 0 Å². The first-order chi connectivity index (χ1) is 17.9. The number of rotatable bonds is 10. The van der Waals surface area contributed by atoms with E-state index in [0.29, 0.717) is 45.1 Å². The number of carboxylic acid groups (broad SMARTS) is 1. The van der Waals surface area contributed by atoms with Crippen LogP contribution in [0.15, 0.2) is 35.3 Å². The Bertz CT molecular complexity index is 917. The number of nitrogens with zero attached hydrogens (tertiary/aromatic N) is 3. The van der Waals surface area contributed by atoms with Crippen LogP contribution in [-0.4, -0.2) is 83.6 Å². The van der Waals surface area contributed by atoms with Crippen LogP contribution >= 0.6 is 0 Å². The number of amides is 2. The minimum absolute atomic E-state index is 0.109. The normalized spacial score (nSPS) is 19.8. The summed E-state index contributed by atoms with van der Waals surface area (Å²) < 4.78 is 11.0. The topological polar surface area (TPSA) is 135 Å². The smallest absolute Gasteiger partial charge is 0.410 e. The Morgan fingerprint density at radius 3 is 2.49 bits per heavy atom. The maximum absolute atomic E-state index is 12.9. The zero-order valence-corrected chi connectivity index (χ0v) is 21.7. The molecule has 0 aliphatic carbocycles. The molecule has 0 bridgehead atoms. The lowest BCUT2D eigenvalue weighted by molar-refractivity contribution is -0.137. The SMILES string of the molecule is CCOC(=NC1CCCN(C(=O)CCC2CCN(C(=O)OCc3ccccc3)CC2)C1)[C@H](N)CC(=O)O. The van der Waals surface area contributed by atoms with Crippen LogP contribution in [0.2, 0.25) is 0 Å². The van der Waals surface area contributed by atoms with Gasteiger partial charge in [0.25, 0.3) is 0 Å². The Hall–Kier alpha value is -3.14. The predicted molar refractivity (Wildman–Crippen MR) is 139 cm³/mol. The molecule has 2 aliphatic rings. The molecular weight excluding hydrogens is 476 g/mol. The molecule has 1 unspecified atom stereocenters. The number of likely N-dealkylation sites (tertiary alicyclic amines) is 2. The van der Waals surface area contributed by atoms with Crippen LogP contribution in [0.25, 0.3) is 0 Å². The fraction of sp³-hybridized carbons (Fsp3) is 0.630. The van der Waals surface area contributed by atoms with Crippen LogP contribution in [0.4, 0.5) is 4.79 Å². The van der Waals surface area contributed by atoms with Gasteiger partial charge < -0.3 is 30.1 Å². The first-order valence-electron chi connectivity index (χ1n) is 13.3. The average Bonchev–Trinajstić information content (AvgIpc) is 2.90. The van der Waals surface area contributed by atoms with Gasteiger partial charge in [-0.1, -0.05) is 30.3 Å². The van der Waals surface area contributed by atoms with E-state index in [1.165, 1.54) is 0 Å². The number of ether oxygens (including phenoxy) is 2. The number of carbonyl (C=O) groups excluding carboxylic acids is 2. The number of aliphatic imine (C=N–C) groups is 1. The van der Waals surface area contributed by atoms with Crippen molar-refractivity contribution in [2.24, 2.45) is 16.6 Å². The summed E-state index contributed by atoms with van der Waals surface area (Å²) in [5.74, 6) is -0.245. The highest BCUT2D eigenvalue weighted by molar-refractivity contribution is 5.86. The van der Waals surface area contributed by atoms with E-state index in [1.54, 1.807) is 11.8 Å². The summed E-state index contributed by atoms with van der Waals surface area (Å²) in [5.41, 5.74) is 6.93. The lowest BCUT2D eigenvalue weighted by Gasteiger charge is -2.33. The molecule has 204 valence electrons. The molecule has 0 spiro atoms. The molecule has 3 N–H and O–H groups in total. The fourth-order valence-electron chi connectivity index (χ4n) is 4.83. The van der Waals surface area contributed by atoms with Crippen molar-refractivity contribution in [2.45, 2.75) is 70.6 Å². The molecule has 3 rings (SSSR count). The maximum atomic E-state index is 12.9. The van der Waals surface area contributed by atoms with Crippen molar-refractivity contribution < 1.29 is 29.0 Å². The van der Waals surface area contributed by atoms with E-state index in [1.807, 2.05) is 35.2 Å². The molecular formula is C27H40N4O6. The standard InChI is InChI=1S/C27H40N4O6/c1-2-36-26(23(28)17-25(33)34)29-22-9-6-14-31(18-22)24(32)11-10-20-12-15-30(16-13-20)27(35)37-19-21-7-4-3-5-8-21/h3-5,7-8,20,22-23H,2,6,9-19,28H2,1H3,(H,33,34)/t22?,23-/m1/s1. The largest absolute Gasteiger partial charge is 0.481 e. The van der Waals surface area contributed by atoms with Crippen LogP contribution in [0.5, 0.6) is 0 Å². The third-order valence-corrected chi connectivity index (χ3v) is 6.91. The van der Waals surface area contributed by atoms with Gasteiger partial charge in [-0.2, -0.15) is 0 Å². The molecule has 0 aromatic heterocycles. The molecule has 10 nitrogen and oxygen atoms in total. The van der Waals surface area contributed by atoms with Crippen LogP contribution < -0.4 is 5.73 Å². The number of carboxylic acids is 1. The Morgan fingerprint density at radius 1 is 1.08 bits per heavy atom. The monoisotopic (exact) mass is 516 g/mol. The average molecular weight is 517 g/mol. The molecule has 2 atom stereocenters. The van der Waals surface area contributed by atoms with Gasteiger partial charge in [-0.25, -0.2) is 9.79 Å². The second-order valence-corrected chi connectivity index (χ2v) is 9.75. The number of nitrogens with two attached hydrogens (primary N) is 1. The van der Waals surface area contributed by atoms with Crippen molar-refractivity contribution in [1.29, 1.82) is 0 Å². The number of hydrogen-bond donors (Lipinski definition) is 2. The van der Waals surface area contributed by atoms with Crippen molar-refractivity contribution in [1.82, 2.24) is 9.80 Å². The molecule has 1 aromatic carbocycles. The number of carbonyl (C=O) groups is 3. The van der Waals surface area contributed by atoms with Gasteiger partial charge >= 0.3 is 12.1 Å². The van der Waals surface area contributed by atoms with E-state index in [0.717, 1.165) is 37.7 Å². The quantitative estimate of drug-likeness (QED) is 0.360. The van der Waals surface area contributed by atoms with Crippen LogP contribution in [0.1, 0.15) is 57.4 Å². The summed E-state index contributed by atoms with van der Waals surface area (Å²) in [6.45, 7) is 4.89. The molecule has 37 heavy (non-hydrogen) atoms. The Labute approximate surface area is 218 Å². The summed E-state index contributed by atoms with van der Waals surface area (Å²) in [5, 5.41) is 9.03. The summed E-state index contributed by atoms with van der Waals surface area (Å²) in [7, 11) is 0. The van der Waals surface area contributed by atoms with E-state index in [9.17, 15) is 14.4 Å².